The van der Waals surface area contributed by atoms with Gasteiger partial charge in [0.05, 0.1) is 37.1 Å². The number of ether oxygens (including phenoxy) is 3. The van der Waals surface area contributed by atoms with Crippen molar-refractivity contribution in [2.45, 2.75) is 30.9 Å². The number of thiocarbonyl (C=S) groups is 1. The van der Waals surface area contributed by atoms with E-state index in [2.05, 4.69) is 27.0 Å². The van der Waals surface area contributed by atoms with Gasteiger partial charge in [0.15, 0.2) is 5.11 Å². The molecular weight excluding hydrogens is 440 g/mol. The monoisotopic (exact) mass is 462 g/mol. The summed E-state index contributed by atoms with van der Waals surface area (Å²) < 4.78 is 19.6. The molecule has 3 heterocycles. The predicted octanol–water partition coefficient (Wildman–Crippen LogP) is 2.42. The zero-order chi connectivity index (χ0) is 22.6. The fraction of sp³-hybridized carbons (Fsp3) is 0.304. The van der Waals surface area contributed by atoms with Crippen molar-refractivity contribution in [3.63, 3.8) is 0 Å². The van der Waals surface area contributed by atoms with E-state index in [0.717, 1.165) is 17.1 Å². The molecule has 2 aromatic carbocycles. The number of para-hydroxylation sites is 1. The van der Waals surface area contributed by atoms with Gasteiger partial charge in [-0.1, -0.05) is 29.5 Å². The minimum atomic E-state index is -0.159. The largest absolute Gasteiger partial charge is 0.487 e. The number of rotatable bonds is 6. The summed E-state index contributed by atoms with van der Waals surface area (Å²) in [6.45, 7) is 1.27. The van der Waals surface area contributed by atoms with Gasteiger partial charge < -0.3 is 24.8 Å². The lowest BCUT2D eigenvalue weighted by Crippen LogP contribution is -2.45. The summed E-state index contributed by atoms with van der Waals surface area (Å²) in [4.78, 5) is 0. The fourth-order valence-corrected chi connectivity index (χ4v) is 4.32. The summed E-state index contributed by atoms with van der Waals surface area (Å²) in [5.74, 6) is 0.785. The van der Waals surface area contributed by atoms with Crippen LogP contribution in [0.5, 0.6) is 5.75 Å². The van der Waals surface area contributed by atoms with Crippen LogP contribution in [0.4, 0.5) is 5.69 Å². The van der Waals surface area contributed by atoms with E-state index in [4.69, 9.17) is 31.7 Å². The number of benzene rings is 2. The number of nitrogens with zero attached hydrogens (tertiary/aromatic N) is 4. The van der Waals surface area contributed by atoms with Crippen LogP contribution in [0.3, 0.4) is 0 Å². The Bertz CT molecular complexity index is 1160. The standard InChI is InChI=1S/C23H22N6O3S/c24-10-15-5-4-6-16(9-15)25-23(33)26-19-13-31-22-20(14-32-21(19)22)29-11-17(27-28-29)12-30-18-7-2-1-3-8-18/h1-9,11,19-22H,12-14H2,(H2,25,26,33)/t19-,20+,21-,22+/m0/s1. The third-order valence-electron chi connectivity index (χ3n) is 5.62. The molecule has 2 aliphatic heterocycles. The molecule has 0 unspecified atom stereocenters. The molecular formula is C23H22N6O3S. The molecule has 0 bridgehead atoms. The maximum absolute atomic E-state index is 9.05. The molecule has 5 rings (SSSR count). The molecule has 2 aliphatic rings. The second kappa shape index (κ2) is 9.54. The van der Waals surface area contributed by atoms with Crippen LogP contribution in [0, 0.1) is 11.3 Å². The number of hydrogen-bond acceptors (Lipinski definition) is 7. The summed E-state index contributed by atoms with van der Waals surface area (Å²) in [6.07, 6.45) is 1.56. The van der Waals surface area contributed by atoms with Crippen LogP contribution in [0.1, 0.15) is 17.3 Å². The van der Waals surface area contributed by atoms with E-state index in [0.29, 0.717) is 30.5 Å². The molecule has 33 heavy (non-hydrogen) atoms. The minimum Gasteiger partial charge on any atom is -0.487 e. The van der Waals surface area contributed by atoms with Crippen LogP contribution in [0.25, 0.3) is 0 Å². The minimum absolute atomic E-state index is 0.0754. The number of nitrogens with one attached hydrogen (secondary N) is 2. The Labute approximate surface area is 196 Å². The summed E-state index contributed by atoms with van der Waals surface area (Å²) in [5.41, 5.74) is 2.05. The zero-order valence-corrected chi connectivity index (χ0v) is 18.4. The molecule has 2 fully saturated rings. The van der Waals surface area contributed by atoms with E-state index in [1.165, 1.54) is 0 Å². The van der Waals surface area contributed by atoms with Gasteiger partial charge in [-0.25, -0.2) is 4.68 Å². The highest BCUT2D eigenvalue weighted by molar-refractivity contribution is 7.80. The normalized spacial score (nSPS) is 23.5. The second-order valence-electron chi connectivity index (χ2n) is 7.85. The summed E-state index contributed by atoms with van der Waals surface area (Å²) >= 11 is 5.45. The zero-order valence-electron chi connectivity index (χ0n) is 17.6. The van der Waals surface area contributed by atoms with Crippen LogP contribution >= 0.6 is 12.2 Å². The van der Waals surface area contributed by atoms with Crippen molar-refractivity contribution in [1.29, 1.82) is 5.26 Å². The second-order valence-corrected chi connectivity index (χ2v) is 8.26. The van der Waals surface area contributed by atoms with Crippen molar-refractivity contribution in [2.24, 2.45) is 0 Å². The van der Waals surface area contributed by atoms with Crippen LogP contribution in [0.15, 0.2) is 60.8 Å². The topological polar surface area (TPSA) is 106 Å². The van der Waals surface area contributed by atoms with Crippen molar-refractivity contribution >= 4 is 23.0 Å². The Morgan fingerprint density at radius 3 is 2.85 bits per heavy atom. The van der Waals surface area contributed by atoms with E-state index in [1.54, 1.807) is 22.9 Å². The Balaban J connectivity index is 1.16. The Morgan fingerprint density at radius 2 is 2.00 bits per heavy atom. The molecule has 2 saturated heterocycles. The van der Waals surface area contributed by atoms with Gasteiger partial charge in [0.25, 0.3) is 0 Å². The number of aromatic nitrogens is 3. The first-order valence-electron chi connectivity index (χ1n) is 10.6. The summed E-state index contributed by atoms with van der Waals surface area (Å²) in [5, 5.41) is 24.4. The first-order valence-corrected chi connectivity index (χ1v) is 11.0. The SMILES string of the molecule is N#Cc1cccc(NC(=S)N[C@H]2CO[C@H]3[C@H]2OC[C@H]3n2cc(COc3ccccc3)nn2)c1. The average Bonchev–Trinajstić information content (AvgIpc) is 3.56. The predicted molar refractivity (Wildman–Crippen MR) is 124 cm³/mol. The maximum atomic E-state index is 9.05. The highest BCUT2D eigenvalue weighted by atomic mass is 32.1. The molecule has 0 radical (unpaired) electrons. The Kier molecular flexibility index (Phi) is 6.17. The van der Waals surface area contributed by atoms with Crippen LogP contribution in [-0.4, -0.2) is 51.6 Å². The number of hydrogen-bond donors (Lipinski definition) is 2. The van der Waals surface area contributed by atoms with E-state index in [9.17, 15) is 0 Å². The molecule has 168 valence electrons. The molecule has 4 atom stereocenters. The van der Waals surface area contributed by atoms with Gasteiger partial charge >= 0.3 is 0 Å². The lowest BCUT2D eigenvalue weighted by atomic mass is 10.1. The van der Waals surface area contributed by atoms with Crippen molar-refractivity contribution in [3.05, 3.63) is 72.1 Å². The molecule has 10 heteroatoms. The van der Waals surface area contributed by atoms with Gasteiger partial charge in [-0.3, -0.25) is 0 Å². The molecule has 0 spiro atoms. The lowest BCUT2D eigenvalue weighted by Gasteiger charge is -2.20. The Morgan fingerprint density at radius 1 is 1.15 bits per heavy atom. The van der Waals surface area contributed by atoms with E-state index >= 15 is 0 Å². The first kappa shape index (κ1) is 21.3. The molecule has 0 aliphatic carbocycles. The van der Waals surface area contributed by atoms with Crippen molar-refractivity contribution in [1.82, 2.24) is 20.3 Å². The molecule has 3 aromatic rings. The van der Waals surface area contributed by atoms with Crippen molar-refractivity contribution in [3.8, 4) is 11.8 Å². The molecule has 0 amide bonds. The van der Waals surface area contributed by atoms with Gasteiger partial charge in [-0.05, 0) is 42.5 Å². The van der Waals surface area contributed by atoms with E-state index < -0.39 is 0 Å². The third kappa shape index (κ3) is 4.80. The third-order valence-corrected chi connectivity index (χ3v) is 5.84. The van der Waals surface area contributed by atoms with Gasteiger partial charge in [0, 0.05) is 5.69 Å². The van der Waals surface area contributed by atoms with Gasteiger partial charge in [-0.2, -0.15) is 5.26 Å². The van der Waals surface area contributed by atoms with Gasteiger partial charge in [0.1, 0.15) is 36.3 Å². The average molecular weight is 463 g/mol. The highest BCUT2D eigenvalue weighted by Gasteiger charge is 2.49. The van der Waals surface area contributed by atoms with Crippen LogP contribution in [-0.2, 0) is 16.1 Å². The molecule has 2 N–H and O–H groups in total. The number of nitriles is 1. The first-order chi connectivity index (χ1) is 16.2. The highest BCUT2D eigenvalue weighted by Crippen LogP contribution is 2.34. The molecule has 0 saturated carbocycles. The van der Waals surface area contributed by atoms with Crippen molar-refractivity contribution in [2.75, 3.05) is 18.5 Å². The number of anilines is 1. The maximum Gasteiger partial charge on any atom is 0.171 e. The summed E-state index contributed by atoms with van der Waals surface area (Å²) in [6, 6.07) is 18.7. The lowest BCUT2D eigenvalue weighted by molar-refractivity contribution is 0.0624. The van der Waals surface area contributed by atoms with Gasteiger partial charge in [0.2, 0.25) is 0 Å². The van der Waals surface area contributed by atoms with Crippen molar-refractivity contribution < 1.29 is 14.2 Å². The van der Waals surface area contributed by atoms with Gasteiger partial charge in [-0.15, -0.1) is 5.10 Å². The van der Waals surface area contributed by atoms with E-state index in [1.807, 2.05) is 42.6 Å². The quantitative estimate of drug-likeness (QED) is 0.534. The Hall–Kier alpha value is -3.52. The van der Waals surface area contributed by atoms with E-state index in [-0.39, 0.29) is 24.3 Å². The molecule has 1 aromatic heterocycles. The number of fused-ring (bicyclic) bond motifs is 1. The smallest absolute Gasteiger partial charge is 0.171 e. The fourth-order valence-electron chi connectivity index (χ4n) is 4.05. The van der Waals surface area contributed by atoms with Crippen LogP contribution < -0.4 is 15.4 Å². The molecule has 9 nitrogen and oxygen atoms in total. The van der Waals surface area contributed by atoms with Crippen LogP contribution in [0.2, 0.25) is 0 Å². The summed E-state index contributed by atoms with van der Waals surface area (Å²) in [7, 11) is 0.